The first-order chi connectivity index (χ1) is 19.4. The number of carbonyl (C=O) groups excluding carboxylic acids is 1. The minimum absolute atomic E-state index is 0.132. The Balaban J connectivity index is 0.000000722. The summed E-state index contributed by atoms with van der Waals surface area (Å²) in [6.45, 7) is 10.6. The first kappa shape index (κ1) is 32.5. The van der Waals surface area contributed by atoms with Crippen molar-refractivity contribution in [2.24, 2.45) is 4.99 Å². The molecular formula is C32H43N5O2S. The van der Waals surface area contributed by atoms with Crippen molar-refractivity contribution in [3.8, 4) is 5.88 Å². The zero-order valence-electron chi connectivity index (χ0n) is 24.7. The van der Waals surface area contributed by atoms with Crippen LogP contribution in [-0.4, -0.2) is 67.1 Å². The predicted octanol–water partition coefficient (Wildman–Crippen LogP) is 6.78. The van der Waals surface area contributed by atoms with Crippen LogP contribution in [0.5, 0.6) is 5.88 Å². The lowest BCUT2D eigenvalue weighted by molar-refractivity contribution is -0.109. The van der Waals surface area contributed by atoms with Gasteiger partial charge >= 0.3 is 0 Å². The van der Waals surface area contributed by atoms with Gasteiger partial charge in [0.15, 0.2) is 5.88 Å². The van der Waals surface area contributed by atoms with Gasteiger partial charge in [0.2, 0.25) is 6.41 Å². The number of aromatic nitrogens is 1. The van der Waals surface area contributed by atoms with Crippen LogP contribution in [0.15, 0.2) is 77.8 Å². The summed E-state index contributed by atoms with van der Waals surface area (Å²) in [6, 6.07) is 24.4. The minimum Gasteiger partial charge on any atom is -0.494 e. The van der Waals surface area contributed by atoms with Gasteiger partial charge in [-0.15, -0.1) is 0 Å². The molecule has 1 heterocycles. The Kier molecular flexibility index (Phi) is 13.8. The molecule has 0 unspecified atom stereocenters. The lowest BCUT2D eigenvalue weighted by Gasteiger charge is -2.23. The smallest absolute Gasteiger partial charge is 0.207 e. The number of aromatic amines is 1. The molecule has 0 aliphatic carbocycles. The summed E-state index contributed by atoms with van der Waals surface area (Å²) in [4.78, 5) is 19.6. The van der Waals surface area contributed by atoms with Crippen LogP contribution in [0.1, 0.15) is 37.5 Å². The Hall–Kier alpha value is -3.75. The number of hydrogen-bond donors (Lipinski definition) is 3. The van der Waals surface area contributed by atoms with E-state index in [0.29, 0.717) is 6.41 Å². The van der Waals surface area contributed by atoms with Gasteiger partial charge in [0.05, 0.1) is 17.0 Å². The van der Waals surface area contributed by atoms with Crippen molar-refractivity contribution in [2.75, 3.05) is 44.3 Å². The highest BCUT2D eigenvalue weighted by Crippen LogP contribution is 2.32. The van der Waals surface area contributed by atoms with Gasteiger partial charge in [0.25, 0.3) is 0 Å². The normalized spacial score (nSPS) is 10.8. The van der Waals surface area contributed by atoms with Gasteiger partial charge in [-0.1, -0.05) is 68.3 Å². The average Bonchev–Trinajstić information content (AvgIpc) is 3.29. The fourth-order valence-corrected chi connectivity index (χ4v) is 4.52. The highest BCUT2D eigenvalue weighted by Gasteiger charge is 2.18. The number of carbonyl (C=O) groups is 1. The number of amides is 1. The first-order valence-electron chi connectivity index (χ1n) is 13.6. The second-order valence-electron chi connectivity index (χ2n) is 9.00. The fourth-order valence-electron chi connectivity index (χ4n) is 3.92. The monoisotopic (exact) mass is 561 g/mol. The van der Waals surface area contributed by atoms with E-state index in [0.717, 1.165) is 64.3 Å². The first-order valence-corrected chi connectivity index (χ1v) is 14.7. The molecule has 0 bridgehead atoms. The zero-order valence-corrected chi connectivity index (χ0v) is 25.5. The Morgan fingerprint density at radius 2 is 1.70 bits per heavy atom. The van der Waals surface area contributed by atoms with Gasteiger partial charge in [-0.25, -0.2) is 4.99 Å². The van der Waals surface area contributed by atoms with Gasteiger partial charge in [0, 0.05) is 48.0 Å². The molecule has 214 valence electrons. The summed E-state index contributed by atoms with van der Waals surface area (Å²) in [5.74, 6) is 0.132. The van der Waals surface area contributed by atoms with Crippen LogP contribution in [0.4, 0.5) is 11.4 Å². The molecular weight excluding hydrogens is 518 g/mol. The molecule has 7 nitrogen and oxygen atoms in total. The summed E-state index contributed by atoms with van der Waals surface area (Å²) in [5, 5.41) is 14.2. The maximum atomic E-state index is 10.8. The maximum Gasteiger partial charge on any atom is 0.207 e. The molecule has 40 heavy (non-hydrogen) atoms. The van der Waals surface area contributed by atoms with Gasteiger partial charge < -0.3 is 24.6 Å². The molecule has 4 aromatic rings. The number of hydrogen-bond acceptors (Lipinski definition) is 6. The van der Waals surface area contributed by atoms with E-state index in [-0.39, 0.29) is 5.88 Å². The van der Waals surface area contributed by atoms with E-state index in [9.17, 15) is 9.90 Å². The summed E-state index contributed by atoms with van der Waals surface area (Å²) >= 11 is 1.72. The highest BCUT2D eigenvalue weighted by molar-refractivity contribution is 7.99. The second kappa shape index (κ2) is 17.0. The molecule has 0 saturated carbocycles. The molecule has 1 aromatic heterocycles. The molecule has 0 atom stereocenters. The fraction of sp³-hybridized carbons (Fsp3) is 0.312. The lowest BCUT2D eigenvalue weighted by Crippen LogP contribution is -2.26. The third-order valence-corrected chi connectivity index (χ3v) is 6.69. The van der Waals surface area contributed by atoms with Crippen LogP contribution in [0, 0.1) is 6.92 Å². The molecule has 0 spiro atoms. The van der Waals surface area contributed by atoms with Crippen molar-refractivity contribution in [3.63, 3.8) is 0 Å². The Bertz CT molecular complexity index is 1330. The molecule has 3 N–H and O–H groups in total. The van der Waals surface area contributed by atoms with E-state index >= 15 is 0 Å². The number of likely N-dealkylation sites (N-methyl/N-ethyl adjacent to an activating group) is 1. The van der Waals surface area contributed by atoms with Gasteiger partial charge in [-0.05, 0) is 63.8 Å². The number of fused-ring (bicyclic) bond motifs is 1. The van der Waals surface area contributed by atoms with E-state index in [4.69, 9.17) is 4.99 Å². The number of aromatic hydroxyl groups is 1. The van der Waals surface area contributed by atoms with E-state index in [1.807, 2.05) is 82.3 Å². The molecule has 4 rings (SSSR count). The van der Waals surface area contributed by atoms with Crippen LogP contribution < -0.4 is 9.62 Å². The number of rotatable bonds is 10. The van der Waals surface area contributed by atoms with E-state index in [1.54, 1.807) is 11.9 Å². The Morgan fingerprint density at radius 1 is 1.02 bits per heavy atom. The minimum atomic E-state index is 0.132. The molecule has 0 radical (unpaired) electrons. The van der Waals surface area contributed by atoms with E-state index in [2.05, 4.69) is 58.1 Å². The summed E-state index contributed by atoms with van der Waals surface area (Å²) in [6.07, 6.45) is 2.77. The Morgan fingerprint density at radius 3 is 2.25 bits per heavy atom. The van der Waals surface area contributed by atoms with E-state index < -0.39 is 0 Å². The molecule has 0 fully saturated rings. The van der Waals surface area contributed by atoms with E-state index in [1.165, 1.54) is 0 Å². The topological polar surface area (TPSA) is 84.0 Å². The third kappa shape index (κ3) is 9.17. The molecule has 1 amide bonds. The number of aryl methyl sites for hydroxylation is 1. The van der Waals surface area contributed by atoms with Crippen LogP contribution in [-0.2, 0) is 4.79 Å². The summed E-state index contributed by atoms with van der Waals surface area (Å²) in [5.41, 5.74) is 6.44. The number of aliphatic imine (C=N–C) groups is 1. The number of benzene rings is 3. The summed E-state index contributed by atoms with van der Waals surface area (Å²) < 4.78 is 2.28. The zero-order chi connectivity index (χ0) is 29.5. The lowest BCUT2D eigenvalue weighted by atomic mass is 10.0. The number of H-pyrrole nitrogens is 1. The second-order valence-corrected chi connectivity index (χ2v) is 9.81. The molecule has 0 aliphatic rings. The number of nitrogens with zero attached hydrogens (tertiary/aromatic N) is 3. The highest BCUT2D eigenvalue weighted by atomic mass is 32.2. The SMILES string of the molecule is CC.CCNC=O.CSN(CCN(C)C)c1ccc(N=C(c2ccccc2)c2c(O)[nH]c3cc(C)ccc23)cc1. The molecule has 3 aromatic carbocycles. The quantitative estimate of drug-likeness (QED) is 0.113. The third-order valence-electron chi connectivity index (χ3n) is 5.86. The van der Waals surface area contributed by atoms with Crippen molar-refractivity contribution in [2.45, 2.75) is 27.7 Å². The van der Waals surface area contributed by atoms with Gasteiger partial charge in [-0.2, -0.15) is 0 Å². The van der Waals surface area contributed by atoms with Crippen molar-refractivity contribution >= 4 is 46.3 Å². The van der Waals surface area contributed by atoms with Gasteiger partial charge in [0.1, 0.15) is 0 Å². The maximum absolute atomic E-state index is 10.8. The Labute approximate surface area is 243 Å². The van der Waals surface area contributed by atoms with Crippen LogP contribution in [0.3, 0.4) is 0 Å². The largest absolute Gasteiger partial charge is 0.494 e. The molecule has 0 aliphatic heterocycles. The van der Waals surface area contributed by atoms with Crippen molar-refractivity contribution < 1.29 is 9.90 Å². The average molecular weight is 562 g/mol. The van der Waals surface area contributed by atoms with Gasteiger partial charge in [-0.3, -0.25) is 4.79 Å². The number of nitrogens with one attached hydrogen (secondary N) is 2. The van der Waals surface area contributed by atoms with Crippen LogP contribution in [0.25, 0.3) is 10.9 Å². The predicted molar refractivity (Wildman–Crippen MR) is 173 cm³/mol. The standard InChI is InChI=1S/C27H30N4OS.C3H7NO.C2H6/c1-19-10-15-23-24(18-19)29-27(32)25(23)26(20-8-6-5-7-9-20)28-21-11-13-22(14-12-21)31(33-4)17-16-30(2)3;1-2-4-3-5;1-2/h5-15,18,29,32H,16-17H2,1-4H3;3H,2H2,1H3,(H,4,5);1-2H3. The molecule has 0 saturated heterocycles. The van der Waals surface area contributed by atoms with Crippen molar-refractivity contribution in [1.82, 2.24) is 15.2 Å². The molecule has 8 heteroatoms. The van der Waals surface area contributed by atoms with Crippen LogP contribution >= 0.6 is 11.9 Å². The van der Waals surface area contributed by atoms with Crippen molar-refractivity contribution in [1.29, 1.82) is 0 Å². The summed E-state index contributed by atoms with van der Waals surface area (Å²) in [7, 11) is 4.17. The number of anilines is 1. The van der Waals surface area contributed by atoms with Crippen molar-refractivity contribution in [3.05, 3.63) is 89.5 Å². The van der Waals surface area contributed by atoms with Crippen LogP contribution in [0.2, 0.25) is 0 Å².